The molecule has 152 valence electrons. The average molecular weight is 470 g/mol. The maximum absolute atomic E-state index is 9.60. The van der Waals surface area contributed by atoms with Crippen molar-refractivity contribution in [3.8, 4) is 17.6 Å². The topological polar surface area (TPSA) is 42.2 Å². The van der Waals surface area contributed by atoms with Gasteiger partial charge in [0.2, 0.25) is 0 Å². The van der Waals surface area contributed by atoms with Crippen molar-refractivity contribution in [2.75, 3.05) is 7.11 Å². The zero-order chi connectivity index (χ0) is 21.6. The standard InChI is InChI=1S/C27H20BrNO2/c1-30-24-12-10-20(11-13-24)23(17-29)15-19-9-14-27(26(28)16-19)31-18-22-7-4-6-21-5-2-3-8-25(21)22/h2-16H,18H2,1H3/b23-15+. The third kappa shape index (κ3) is 4.79. The van der Waals surface area contributed by atoms with Crippen molar-refractivity contribution in [1.82, 2.24) is 0 Å². The molecule has 0 aromatic heterocycles. The summed E-state index contributed by atoms with van der Waals surface area (Å²) in [6.07, 6.45) is 1.86. The fourth-order valence-corrected chi connectivity index (χ4v) is 3.93. The van der Waals surface area contributed by atoms with Gasteiger partial charge in [0.15, 0.2) is 0 Å². The van der Waals surface area contributed by atoms with E-state index in [4.69, 9.17) is 9.47 Å². The van der Waals surface area contributed by atoms with Gasteiger partial charge < -0.3 is 9.47 Å². The highest BCUT2D eigenvalue weighted by atomic mass is 79.9. The smallest absolute Gasteiger partial charge is 0.134 e. The normalized spacial score (nSPS) is 11.2. The number of hydrogen-bond acceptors (Lipinski definition) is 3. The lowest BCUT2D eigenvalue weighted by Gasteiger charge is -2.11. The Morgan fingerprint density at radius 3 is 2.48 bits per heavy atom. The zero-order valence-electron chi connectivity index (χ0n) is 17.0. The molecule has 4 aromatic carbocycles. The van der Waals surface area contributed by atoms with Crippen molar-refractivity contribution in [2.24, 2.45) is 0 Å². The number of benzene rings is 4. The molecule has 3 nitrogen and oxygen atoms in total. The van der Waals surface area contributed by atoms with Crippen LogP contribution in [-0.2, 0) is 6.61 Å². The van der Waals surface area contributed by atoms with E-state index in [2.05, 4.69) is 46.3 Å². The van der Waals surface area contributed by atoms with Gasteiger partial charge in [-0.15, -0.1) is 0 Å². The number of rotatable bonds is 6. The van der Waals surface area contributed by atoms with Gasteiger partial charge in [0, 0.05) is 0 Å². The summed E-state index contributed by atoms with van der Waals surface area (Å²) >= 11 is 3.60. The lowest BCUT2D eigenvalue weighted by atomic mass is 10.0. The van der Waals surface area contributed by atoms with Gasteiger partial charge in [-0.1, -0.05) is 48.5 Å². The van der Waals surface area contributed by atoms with Gasteiger partial charge in [-0.05, 0) is 85.9 Å². The van der Waals surface area contributed by atoms with Gasteiger partial charge >= 0.3 is 0 Å². The Morgan fingerprint density at radius 1 is 0.968 bits per heavy atom. The molecule has 0 radical (unpaired) electrons. The quantitative estimate of drug-likeness (QED) is 0.220. The molecule has 0 saturated carbocycles. The maximum atomic E-state index is 9.60. The van der Waals surface area contributed by atoms with Crippen LogP contribution in [0.1, 0.15) is 16.7 Å². The molecule has 4 aromatic rings. The van der Waals surface area contributed by atoms with Gasteiger partial charge in [0.25, 0.3) is 0 Å². The van der Waals surface area contributed by atoms with E-state index in [0.29, 0.717) is 12.2 Å². The van der Waals surface area contributed by atoms with E-state index in [1.165, 1.54) is 10.8 Å². The first kappa shape index (κ1) is 20.7. The summed E-state index contributed by atoms with van der Waals surface area (Å²) in [4.78, 5) is 0. The number of hydrogen-bond donors (Lipinski definition) is 0. The minimum Gasteiger partial charge on any atom is -0.497 e. The van der Waals surface area contributed by atoms with E-state index < -0.39 is 0 Å². The lowest BCUT2D eigenvalue weighted by molar-refractivity contribution is 0.305. The van der Waals surface area contributed by atoms with Crippen molar-refractivity contribution < 1.29 is 9.47 Å². The Hall–Kier alpha value is -3.55. The summed E-state index contributed by atoms with van der Waals surface area (Å²) < 4.78 is 12.1. The molecule has 0 saturated heterocycles. The van der Waals surface area contributed by atoms with Crippen LogP contribution >= 0.6 is 15.9 Å². The maximum Gasteiger partial charge on any atom is 0.134 e. The van der Waals surface area contributed by atoms with Crippen LogP contribution in [0.3, 0.4) is 0 Å². The Balaban J connectivity index is 1.53. The van der Waals surface area contributed by atoms with Crippen LogP contribution in [0.25, 0.3) is 22.4 Å². The molecule has 0 unspecified atom stereocenters. The summed E-state index contributed by atoms with van der Waals surface area (Å²) in [6.45, 7) is 0.477. The average Bonchev–Trinajstić information content (AvgIpc) is 2.82. The lowest BCUT2D eigenvalue weighted by Crippen LogP contribution is -1.97. The first-order valence-electron chi connectivity index (χ1n) is 9.83. The molecule has 0 aliphatic rings. The molecule has 0 N–H and O–H groups in total. The molecule has 0 heterocycles. The molecule has 0 amide bonds. The fraction of sp³-hybridized carbons (Fsp3) is 0.0741. The number of allylic oxidation sites excluding steroid dienone is 1. The van der Waals surface area contributed by atoms with E-state index in [-0.39, 0.29) is 0 Å². The van der Waals surface area contributed by atoms with Crippen LogP contribution in [0.15, 0.2) is 89.4 Å². The molecule has 0 fully saturated rings. The molecule has 0 aliphatic carbocycles. The Bertz CT molecular complexity index is 1280. The Kier molecular flexibility index (Phi) is 6.35. The second kappa shape index (κ2) is 9.51. The Labute approximate surface area is 190 Å². The summed E-state index contributed by atoms with van der Waals surface area (Å²) in [5, 5.41) is 12.0. The molecule has 0 bridgehead atoms. The number of nitrogens with zero attached hydrogens (tertiary/aromatic N) is 1. The summed E-state index contributed by atoms with van der Waals surface area (Å²) in [5.41, 5.74) is 3.48. The van der Waals surface area contributed by atoms with Gasteiger partial charge in [0.1, 0.15) is 18.1 Å². The van der Waals surface area contributed by atoms with Gasteiger partial charge in [0.05, 0.1) is 23.2 Å². The van der Waals surface area contributed by atoms with Gasteiger partial charge in [-0.3, -0.25) is 0 Å². The second-order valence-corrected chi connectivity index (χ2v) is 7.87. The molecule has 4 rings (SSSR count). The molecule has 0 spiro atoms. The Morgan fingerprint density at radius 2 is 1.74 bits per heavy atom. The number of ether oxygens (including phenoxy) is 2. The van der Waals surface area contributed by atoms with E-state index in [1.807, 2.05) is 66.7 Å². The fourth-order valence-electron chi connectivity index (χ4n) is 3.42. The van der Waals surface area contributed by atoms with E-state index >= 15 is 0 Å². The summed E-state index contributed by atoms with van der Waals surface area (Å²) in [7, 11) is 1.62. The van der Waals surface area contributed by atoms with Crippen LogP contribution in [0, 0.1) is 11.3 Å². The predicted octanol–water partition coefficient (Wildman–Crippen LogP) is 7.25. The predicted molar refractivity (Wildman–Crippen MR) is 129 cm³/mol. The summed E-state index contributed by atoms with van der Waals surface area (Å²) in [5.74, 6) is 1.52. The van der Waals surface area contributed by atoms with Crippen molar-refractivity contribution >= 4 is 38.4 Å². The first-order valence-corrected chi connectivity index (χ1v) is 10.6. The largest absolute Gasteiger partial charge is 0.497 e. The van der Waals surface area contributed by atoms with Crippen LogP contribution in [0.2, 0.25) is 0 Å². The number of fused-ring (bicyclic) bond motifs is 1. The van der Waals surface area contributed by atoms with E-state index in [1.54, 1.807) is 7.11 Å². The molecule has 0 aliphatic heterocycles. The first-order chi connectivity index (χ1) is 15.2. The third-order valence-electron chi connectivity index (χ3n) is 5.05. The number of halogens is 1. The van der Waals surface area contributed by atoms with Crippen molar-refractivity contribution in [3.63, 3.8) is 0 Å². The number of methoxy groups -OCH3 is 1. The van der Waals surface area contributed by atoms with Crippen LogP contribution in [-0.4, -0.2) is 7.11 Å². The van der Waals surface area contributed by atoms with Crippen LogP contribution < -0.4 is 9.47 Å². The monoisotopic (exact) mass is 469 g/mol. The van der Waals surface area contributed by atoms with E-state index in [0.717, 1.165) is 32.7 Å². The molecule has 4 heteroatoms. The van der Waals surface area contributed by atoms with Gasteiger partial charge in [-0.25, -0.2) is 0 Å². The van der Waals surface area contributed by atoms with Crippen molar-refractivity contribution in [2.45, 2.75) is 6.61 Å². The SMILES string of the molecule is COc1ccc(/C(C#N)=C/c2ccc(OCc3cccc4ccccc34)c(Br)c2)cc1. The highest BCUT2D eigenvalue weighted by Crippen LogP contribution is 2.30. The highest BCUT2D eigenvalue weighted by molar-refractivity contribution is 9.10. The van der Waals surface area contributed by atoms with E-state index in [9.17, 15) is 5.26 Å². The second-order valence-electron chi connectivity index (χ2n) is 7.02. The van der Waals surface area contributed by atoms with Crippen molar-refractivity contribution in [1.29, 1.82) is 5.26 Å². The van der Waals surface area contributed by atoms with Gasteiger partial charge in [-0.2, -0.15) is 5.26 Å². The minimum atomic E-state index is 0.477. The molecule has 0 atom stereocenters. The summed E-state index contributed by atoms with van der Waals surface area (Å²) in [6, 6.07) is 30.1. The number of nitriles is 1. The molecular formula is C27H20BrNO2. The minimum absolute atomic E-state index is 0.477. The third-order valence-corrected chi connectivity index (χ3v) is 5.67. The molecular weight excluding hydrogens is 450 g/mol. The van der Waals surface area contributed by atoms with Crippen LogP contribution in [0.4, 0.5) is 0 Å². The van der Waals surface area contributed by atoms with Crippen molar-refractivity contribution in [3.05, 3.63) is 106 Å². The van der Waals surface area contributed by atoms with Crippen LogP contribution in [0.5, 0.6) is 11.5 Å². The highest BCUT2D eigenvalue weighted by Gasteiger charge is 2.07. The molecule has 31 heavy (non-hydrogen) atoms. The zero-order valence-corrected chi connectivity index (χ0v) is 18.6.